The number of hydrogen-bond donors (Lipinski definition) is 1. The van der Waals surface area contributed by atoms with E-state index in [1.165, 1.54) is 24.3 Å². The van der Waals surface area contributed by atoms with Crippen molar-refractivity contribution < 1.29 is 19.3 Å². The third-order valence-corrected chi connectivity index (χ3v) is 4.43. The smallest absolute Gasteiger partial charge is 0.270 e. The highest BCUT2D eigenvalue weighted by atomic mass is 16.6. The Balaban J connectivity index is 1.76. The molecule has 24 heavy (non-hydrogen) atoms. The average Bonchev–Trinajstić information content (AvgIpc) is 2.81. The molecule has 124 valence electrons. The van der Waals surface area contributed by atoms with E-state index >= 15 is 0 Å². The number of nitrogens with one attached hydrogen (secondary N) is 1. The number of benzene rings is 1. The minimum absolute atomic E-state index is 0.0681. The molecule has 1 N–H and O–H groups in total. The molecule has 3 amide bonds. The minimum Gasteiger partial charge on any atom is -0.272 e. The van der Waals surface area contributed by atoms with Crippen molar-refractivity contribution in [2.24, 2.45) is 17.8 Å². The Hall–Kier alpha value is -3.03. The topological polar surface area (TPSA) is 110 Å². The van der Waals surface area contributed by atoms with Crippen LogP contribution in [-0.2, 0) is 9.59 Å². The number of nitrogens with zero attached hydrogens (tertiary/aromatic N) is 2. The molecule has 0 unspecified atom stereocenters. The van der Waals surface area contributed by atoms with Crippen LogP contribution < -0.4 is 5.43 Å². The quantitative estimate of drug-likeness (QED) is 0.390. The Morgan fingerprint density at radius 3 is 2.50 bits per heavy atom. The summed E-state index contributed by atoms with van der Waals surface area (Å²) in [5, 5.41) is 11.4. The van der Waals surface area contributed by atoms with Crippen molar-refractivity contribution in [3.8, 4) is 0 Å². The van der Waals surface area contributed by atoms with Crippen molar-refractivity contribution in [3.05, 3.63) is 52.1 Å². The third kappa shape index (κ3) is 2.55. The van der Waals surface area contributed by atoms with E-state index in [0.717, 1.165) is 5.01 Å². The lowest BCUT2D eigenvalue weighted by Gasteiger charge is -2.22. The lowest BCUT2D eigenvalue weighted by molar-refractivity contribution is -0.384. The molecular weight excluding hydrogens is 314 g/mol. The fraction of sp³-hybridized carbons (Fsp3) is 0.312. The maximum Gasteiger partial charge on any atom is 0.270 e. The van der Waals surface area contributed by atoms with Gasteiger partial charge in [0.05, 0.1) is 16.8 Å². The molecule has 0 spiro atoms. The minimum atomic E-state index is -0.661. The molecule has 1 heterocycles. The van der Waals surface area contributed by atoms with Gasteiger partial charge >= 0.3 is 0 Å². The maximum absolute atomic E-state index is 12.4. The van der Waals surface area contributed by atoms with Gasteiger partial charge in [0.1, 0.15) is 0 Å². The van der Waals surface area contributed by atoms with Gasteiger partial charge in [-0.3, -0.25) is 29.9 Å². The molecule has 1 aliphatic carbocycles. The van der Waals surface area contributed by atoms with Crippen LogP contribution in [0.15, 0.2) is 36.4 Å². The monoisotopic (exact) mass is 329 g/mol. The number of non-ortho nitro benzene ring substituents is 1. The molecule has 3 atom stereocenters. The molecule has 1 aromatic rings. The second-order valence-electron chi connectivity index (χ2n) is 5.91. The van der Waals surface area contributed by atoms with Crippen LogP contribution in [0.25, 0.3) is 0 Å². The zero-order valence-electron chi connectivity index (χ0n) is 12.8. The van der Waals surface area contributed by atoms with E-state index in [2.05, 4.69) is 5.43 Å². The average molecular weight is 329 g/mol. The normalized spacial score (nSPS) is 25.5. The first-order valence-electron chi connectivity index (χ1n) is 7.50. The summed E-state index contributed by atoms with van der Waals surface area (Å²) >= 11 is 0. The van der Waals surface area contributed by atoms with Gasteiger partial charge in [0.15, 0.2) is 0 Å². The van der Waals surface area contributed by atoms with E-state index in [4.69, 9.17) is 0 Å². The number of allylic oxidation sites excluding steroid dienone is 2. The largest absolute Gasteiger partial charge is 0.272 e. The van der Waals surface area contributed by atoms with Gasteiger partial charge in [-0.05, 0) is 24.5 Å². The van der Waals surface area contributed by atoms with Crippen molar-refractivity contribution >= 4 is 23.4 Å². The lowest BCUT2D eigenvalue weighted by atomic mass is 9.78. The summed E-state index contributed by atoms with van der Waals surface area (Å²) in [5.41, 5.74) is 2.30. The number of nitro benzene ring substituents is 1. The maximum atomic E-state index is 12.4. The van der Waals surface area contributed by atoms with Gasteiger partial charge in [-0.1, -0.05) is 19.1 Å². The Labute approximate surface area is 137 Å². The molecule has 1 saturated heterocycles. The Morgan fingerprint density at radius 2 is 1.92 bits per heavy atom. The predicted molar refractivity (Wildman–Crippen MR) is 82.3 cm³/mol. The van der Waals surface area contributed by atoms with Gasteiger partial charge < -0.3 is 0 Å². The molecule has 2 aliphatic rings. The van der Waals surface area contributed by atoms with Crippen LogP contribution in [0.5, 0.6) is 0 Å². The molecule has 3 rings (SSSR count). The SMILES string of the molecule is C[C@H]1C=CC[C@H]2C(=O)N(NC(=O)c3ccc([N+](=O)[O-])cc3)C(=O)[C@H]12. The Morgan fingerprint density at radius 1 is 1.25 bits per heavy atom. The molecule has 0 saturated carbocycles. The number of carbonyl (C=O) groups excluding carboxylic acids is 3. The number of amides is 3. The summed E-state index contributed by atoms with van der Waals surface area (Å²) < 4.78 is 0. The predicted octanol–water partition coefficient (Wildman–Crippen LogP) is 1.44. The van der Waals surface area contributed by atoms with Crippen molar-refractivity contribution in [1.29, 1.82) is 0 Å². The highest BCUT2D eigenvalue weighted by Crippen LogP contribution is 2.37. The highest BCUT2D eigenvalue weighted by molar-refractivity contribution is 6.08. The summed E-state index contributed by atoms with van der Waals surface area (Å²) in [7, 11) is 0. The van der Waals surface area contributed by atoms with Crippen LogP contribution in [0.3, 0.4) is 0 Å². The summed E-state index contributed by atoms with van der Waals surface area (Å²) in [6.07, 6.45) is 4.25. The van der Waals surface area contributed by atoms with Crippen molar-refractivity contribution in [3.63, 3.8) is 0 Å². The molecule has 1 aromatic carbocycles. The van der Waals surface area contributed by atoms with Crippen LogP contribution in [0.4, 0.5) is 5.69 Å². The number of hydrazine groups is 1. The van der Waals surface area contributed by atoms with E-state index in [-0.39, 0.29) is 17.2 Å². The van der Waals surface area contributed by atoms with Gasteiger partial charge in [-0.15, -0.1) is 0 Å². The van der Waals surface area contributed by atoms with Gasteiger partial charge in [-0.25, -0.2) is 0 Å². The first-order chi connectivity index (χ1) is 11.4. The number of rotatable bonds is 3. The molecular formula is C16H15N3O5. The lowest BCUT2D eigenvalue weighted by Crippen LogP contribution is -2.46. The molecule has 0 aromatic heterocycles. The number of imide groups is 1. The fourth-order valence-electron chi connectivity index (χ4n) is 3.16. The summed E-state index contributed by atoms with van der Waals surface area (Å²) in [6.45, 7) is 1.86. The van der Waals surface area contributed by atoms with E-state index in [0.29, 0.717) is 6.42 Å². The molecule has 0 radical (unpaired) electrons. The van der Waals surface area contributed by atoms with E-state index in [9.17, 15) is 24.5 Å². The van der Waals surface area contributed by atoms with E-state index in [1.54, 1.807) is 0 Å². The number of hydrogen-bond acceptors (Lipinski definition) is 5. The number of fused-ring (bicyclic) bond motifs is 1. The Kier molecular flexibility index (Phi) is 3.88. The molecule has 0 bridgehead atoms. The van der Waals surface area contributed by atoms with Crippen LogP contribution in [0.1, 0.15) is 23.7 Å². The molecule has 1 fully saturated rings. The van der Waals surface area contributed by atoms with Crippen LogP contribution in [-0.4, -0.2) is 27.7 Å². The van der Waals surface area contributed by atoms with E-state index in [1.807, 2.05) is 19.1 Å². The molecule has 1 aliphatic heterocycles. The van der Waals surface area contributed by atoms with Crippen LogP contribution in [0, 0.1) is 27.9 Å². The fourth-order valence-corrected chi connectivity index (χ4v) is 3.16. The number of carbonyl (C=O) groups is 3. The highest BCUT2D eigenvalue weighted by Gasteiger charge is 2.50. The number of nitro groups is 1. The third-order valence-electron chi connectivity index (χ3n) is 4.43. The zero-order valence-corrected chi connectivity index (χ0v) is 12.8. The van der Waals surface area contributed by atoms with Crippen molar-refractivity contribution in [2.75, 3.05) is 0 Å². The van der Waals surface area contributed by atoms with Gasteiger partial charge in [-0.2, -0.15) is 5.01 Å². The van der Waals surface area contributed by atoms with Crippen LogP contribution in [0.2, 0.25) is 0 Å². The zero-order chi connectivity index (χ0) is 17.4. The van der Waals surface area contributed by atoms with Gasteiger partial charge in [0.25, 0.3) is 23.4 Å². The van der Waals surface area contributed by atoms with Crippen LogP contribution >= 0.6 is 0 Å². The van der Waals surface area contributed by atoms with Crippen molar-refractivity contribution in [1.82, 2.24) is 10.4 Å². The molecule has 8 heteroatoms. The second-order valence-corrected chi connectivity index (χ2v) is 5.91. The van der Waals surface area contributed by atoms with Gasteiger partial charge in [0, 0.05) is 17.7 Å². The summed E-state index contributed by atoms with van der Waals surface area (Å²) in [6, 6.07) is 4.92. The summed E-state index contributed by atoms with van der Waals surface area (Å²) in [4.78, 5) is 47.1. The first kappa shape index (κ1) is 15.9. The van der Waals surface area contributed by atoms with Gasteiger partial charge in [0.2, 0.25) is 0 Å². The first-order valence-corrected chi connectivity index (χ1v) is 7.50. The van der Waals surface area contributed by atoms with E-state index < -0.39 is 34.5 Å². The second kappa shape index (κ2) is 5.88. The summed E-state index contributed by atoms with van der Waals surface area (Å²) in [5.74, 6) is -2.48. The molecule has 8 nitrogen and oxygen atoms in total. The Bertz CT molecular complexity index is 755. The standard InChI is InChI=1S/C16H15N3O5/c1-9-3-2-4-12-13(9)16(22)18(15(12)21)17-14(20)10-5-7-11(8-6-10)19(23)24/h2-3,5-9,12-13H,4H2,1H3,(H,17,20)/t9-,12+,13+/m0/s1. The van der Waals surface area contributed by atoms with Crippen molar-refractivity contribution in [2.45, 2.75) is 13.3 Å².